The van der Waals surface area contributed by atoms with E-state index in [-0.39, 0.29) is 37.9 Å². The molecule has 2 amide bonds. The third-order valence-electron chi connectivity index (χ3n) is 4.72. The van der Waals surface area contributed by atoms with Gasteiger partial charge in [0.25, 0.3) is 0 Å². The van der Waals surface area contributed by atoms with Gasteiger partial charge >= 0.3 is 0 Å². The Bertz CT molecular complexity index is 804. The summed E-state index contributed by atoms with van der Waals surface area (Å²) >= 11 is 0. The second kappa shape index (κ2) is 7.84. The molecule has 1 aromatic carbocycles. The number of aromatic nitrogens is 2. The van der Waals surface area contributed by atoms with Gasteiger partial charge in [0.1, 0.15) is 12.4 Å². The van der Waals surface area contributed by atoms with Crippen LogP contribution >= 0.6 is 0 Å². The van der Waals surface area contributed by atoms with Crippen LogP contribution in [0.25, 0.3) is 11.0 Å². The lowest BCUT2D eigenvalue weighted by molar-refractivity contribution is -0.133. The molecule has 26 heavy (non-hydrogen) atoms. The SMILES string of the molecule is CC(=O)N1CCN(C(=O)CCn2c(CO)nc3ccccc32)CC(O)C1. The van der Waals surface area contributed by atoms with Gasteiger partial charge in [0.2, 0.25) is 11.8 Å². The molecule has 2 aromatic rings. The number of amides is 2. The second-order valence-electron chi connectivity index (χ2n) is 6.54. The number of aliphatic hydroxyl groups excluding tert-OH is 2. The Hall–Kier alpha value is -2.45. The monoisotopic (exact) mass is 360 g/mol. The predicted octanol–water partition coefficient (Wildman–Crippen LogP) is -0.0297. The molecule has 0 spiro atoms. The molecular weight excluding hydrogens is 336 g/mol. The van der Waals surface area contributed by atoms with Gasteiger partial charge in [0.15, 0.2) is 0 Å². The Labute approximate surface area is 151 Å². The standard InChI is InChI=1S/C18H24N4O4/c1-13(24)20-8-9-21(11-14(25)10-20)18(26)6-7-22-16-5-3-2-4-15(16)19-17(22)12-23/h2-5,14,23,25H,6-12H2,1H3. The topological polar surface area (TPSA) is 98.9 Å². The second-order valence-corrected chi connectivity index (χ2v) is 6.54. The summed E-state index contributed by atoms with van der Waals surface area (Å²) < 4.78 is 1.85. The van der Waals surface area contributed by atoms with Gasteiger partial charge in [-0.1, -0.05) is 12.1 Å². The minimum atomic E-state index is -0.743. The summed E-state index contributed by atoms with van der Waals surface area (Å²) in [7, 11) is 0. The maximum Gasteiger partial charge on any atom is 0.224 e. The number of rotatable bonds is 4. The number of para-hydroxylation sites is 2. The van der Waals surface area contributed by atoms with Gasteiger partial charge in [-0.25, -0.2) is 4.98 Å². The van der Waals surface area contributed by atoms with Crippen LogP contribution in [-0.4, -0.2) is 73.7 Å². The van der Waals surface area contributed by atoms with Gasteiger partial charge in [-0.15, -0.1) is 0 Å². The summed E-state index contributed by atoms with van der Waals surface area (Å²) in [6, 6.07) is 7.55. The molecule has 0 radical (unpaired) electrons. The van der Waals surface area contributed by atoms with Gasteiger partial charge < -0.3 is 24.6 Å². The van der Waals surface area contributed by atoms with Crippen molar-refractivity contribution in [2.45, 2.75) is 32.6 Å². The molecule has 0 aliphatic carbocycles. The van der Waals surface area contributed by atoms with Crippen molar-refractivity contribution in [3.63, 3.8) is 0 Å². The Morgan fingerprint density at radius 1 is 1.19 bits per heavy atom. The number of carbonyl (C=O) groups is 2. The molecule has 1 fully saturated rings. The number of aryl methyl sites for hydroxylation is 1. The van der Waals surface area contributed by atoms with Crippen molar-refractivity contribution in [1.29, 1.82) is 0 Å². The minimum absolute atomic E-state index is 0.0869. The van der Waals surface area contributed by atoms with Crippen molar-refractivity contribution in [2.75, 3.05) is 26.2 Å². The average molecular weight is 360 g/mol. The molecule has 140 valence electrons. The number of fused-ring (bicyclic) bond motifs is 1. The molecule has 8 heteroatoms. The van der Waals surface area contributed by atoms with Crippen molar-refractivity contribution < 1.29 is 19.8 Å². The quantitative estimate of drug-likeness (QED) is 0.798. The lowest BCUT2D eigenvalue weighted by Gasteiger charge is -2.22. The van der Waals surface area contributed by atoms with Crippen molar-refractivity contribution in [2.24, 2.45) is 0 Å². The molecule has 1 atom stereocenters. The van der Waals surface area contributed by atoms with Crippen LogP contribution in [0.2, 0.25) is 0 Å². The zero-order chi connectivity index (χ0) is 18.7. The summed E-state index contributed by atoms with van der Waals surface area (Å²) in [5.74, 6) is 0.338. The Kier molecular flexibility index (Phi) is 5.53. The largest absolute Gasteiger partial charge is 0.389 e. The third-order valence-corrected chi connectivity index (χ3v) is 4.72. The van der Waals surface area contributed by atoms with Gasteiger partial charge in [-0.3, -0.25) is 9.59 Å². The van der Waals surface area contributed by atoms with E-state index in [2.05, 4.69) is 4.98 Å². The zero-order valence-corrected chi connectivity index (χ0v) is 14.8. The highest BCUT2D eigenvalue weighted by atomic mass is 16.3. The smallest absolute Gasteiger partial charge is 0.224 e. The Balaban J connectivity index is 1.68. The highest BCUT2D eigenvalue weighted by Crippen LogP contribution is 2.17. The van der Waals surface area contributed by atoms with E-state index in [0.29, 0.717) is 25.5 Å². The number of carbonyl (C=O) groups excluding carboxylic acids is 2. The highest BCUT2D eigenvalue weighted by Gasteiger charge is 2.25. The number of hydrogen-bond acceptors (Lipinski definition) is 5. The van der Waals surface area contributed by atoms with Gasteiger partial charge in [0, 0.05) is 46.1 Å². The normalized spacial score (nSPS) is 18.2. The molecule has 1 unspecified atom stereocenters. The molecule has 2 N–H and O–H groups in total. The molecule has 2 heterocycles. The number of imidazole rings is 1. The summed E-state index contributed by atoms with van der Waals surface area (Å²) in [5, 5.41) is 19.6. The van der Waals surface area contributed by atoms with Crippen molar-refractivity contribution in [3.05, 3.63) is 30.1 Å². The van der Waals surface area contributed by atoms with E-state index >= 15 is 0 Å². The van der Waals surface area contributed by atoms with Crippen LogP contribution in [0.5, 0.6) is 0 Å². The van der Waals surface area contributed by atoms with Crippen molar-refractivity contribution >= 4 is 22.8 Å². The van der Waals surface area contributed by atoms with Crippen molar-refractivity contribution in [3.8, 4) is 0 Å². The number of benzene rings is 1. The molecule has 1 aliphatic heterocycles. The summed E-state index contributed by atoms with van der Waals surface area (Å²) in [5.41, 5.74) is 1.66. The van der Waals surface area contributed by atoms with Crippen LogP contribution in [0.3, 0.4) is 0 Å². The van der Waals surface area contributed by atoms with Crippen LogP contribution in [-0.2, 0) is 22.7 Å². The van der Waals surface area contributed by atoms with E-state index < -0.39 is 6.10 Å². The zero-order valence-electron chi connectivity index (χ0n) is 14.8. The van der Waals surface area contributed by atoms with E-state index in [1.165, 1.54) is 6.92 Å². The van der Waals surface area contributed by atoms with Crippen molar-refractivity contribution in [1.82, 2.24) is 19.4 Å². The van der Waals surface area contributed by atoms with E-state index in [1.54, 1.807) is 9.80 Å². The first kappa shape index (κ1) is 18.3. The molecule has 1 saturated heterocycles. The summed E-state index contributed by atoms with van der Waals surface area (Å²) in [6.07, 6.45) is -0.507. The maximum atomic E-state index is 12.6. The molecule has 0 saturated carbocycles. The van der Waals surface area contributed by atoms with Gasteiger partial charge in [0.05, 0.1) is 17.1 Å². The van der Waals surface area contributed by atoms with E-state index in [1.807, 2.05) is 28.8 Å². The fourth-order valence-electron chi connectivity index (χ4n) is 3.36. The van der Waals surface area contributed by atoms with Gasteiger partial charge in [-0.2, -0.15) is 0 Å². The molecular formula is C18H24N4O4. The summed E-state index contributed by atoms with van der Waals surface area (Å²) in [6.45, 7) is 2.98. The third kappa shape index (κ3) is 3.86. The van der Waals surface area contributed by atoms with Gasteiger partial charge in [-0.05, 0) is 12.1 Å². The van der Waals surface area contributed by atoms with Crippen LogP contribution in [0.15, 0.2) is 24.3 Å². The fraction of sp³-hybridized carbons (Fsp3) is 0.500. The first-order valence-electron chi connectivity index (χ1n) is 8.76. The molecule has 1 aromatic heterocycles. The van der Waals surface area contributed by atoms with E-state index in [9.17, 15) is 19.8 Å². The molecule has 0 bridgehead atoms. The number of hydrogen-bond donors (Lipinski definition) is 2. The average Bonchev–Trinajstić information content (AvgIpc) is 2.86. The number of aliphatic hydroxyl groups is 2. The maximum absolute atomic E-state index is 12.6. The first-order chi connectivity index (χ1) is 12.5. The van der Waals surface area contributed by atoms with E-state index in [4.69, 9.17) is 0 Å². The number of β-amino-alcohol motifs (C(OH)–C–C–N with tert-alkyl or cyclic N) is 1. The van der Waals surface area contributed by atoms with E-state index in [0.717, 1.165) is 11.0 Å². The number of nitrogens with zero attached hydrogens (tertiary/aromatic N) is 4. The highest BCUT2D eigenvalue weighted by molar-refractivity contribution is 5.78. The lowest BCUT2D eigenvalue weighted by atomic mass is 10.2. The minimum Gasteiger partial charge on any atom is -0.389 e. The van der Waals surface area contributed by atoms with Crippen LogP contribution < -0.4 is 0 Å². The summed E-state index contributed by atoms with van der Waals surface area (Å²) in [4.78, 5) is 31.7. The predicted molar refractivity (Wildman–Crippen MR) is 95.1 cm³/mol. The van der Waals surface area contributed by atoms with Crippen LogP contribution in [0.4, 0.5) is 0 Å². The Morgan fingerprint density at radius 2 is 1.88 bits per heavy atom. The molecule has 3 rings (SSSR count). The fourth-order valence-corrected chi connectivity index (χ4v) is 3.36. The lowest BCUT2D eigenvalue weighted by Crippen LogP contribution is -2.38. The molecule has 1 aliphatic rings. The van der Waals surface area contributed by atoms with Crippen LogP contribution in [0, 0.1) is 0 Å². The first-order valence-corrected chi connectivity index (χ1v) is 8.76. The van der Waals surface area contributed by atoms with Crippen LogP contribution in [0.1, 0.15) is 19.2 Å². The Morgan fingerprint density at radius 3 is 2.62 bits per heavy atom. The molecule has 8 nitrogen and oxygen atoms in total.